The van der Waals surface area contributed by atoms with E-state index in [4.69, 9.17) is 5.73 Å². The Morgan fingerprint density at radius 3 is 2.74 bits per heavy atom. The van der Waals surface area contributed by atoms with Gasteiger partial charge in [0.05, 0.1) is 11.0 Å². The van der Waals surface area contributed by atoms with Gasteiger partial charge in [0.2, 0.25) is 0 Å². The highest BCUT2D eigenvalue weighted by Crippen LogP contribution is 2.31. The summed E-state index contributed by atoms with van der Waals surface area (Å²) in [6.07, 6.45) is 7.77. The molecule has 1 fully saturated rings. The molecule has 4 nitrogen and oxygen atoms in total. The molecule has 0 saturated heterocycles. The normalized spacial score (nSPS) is 18.2. The summed E-state index contributed by atoms with van der Waals surface area (Å²) in [4.78, 5) is 16.8. The van der Waals surface area contributed by atoms with Crippen LogP contribution in [0.4, 0.5) is 0 Å². The number of hydrogen-bond donors (Lipinski definition) is 3. The summed E-state index contributed by atoms with van der Waals surface area (Å²) in [5.41, 5.74) is 8.91. The van der Waals surface area contributed by atoms with Gasteiger partial charge in [-0.3, -0.25) is 0 Å². The summed E-state index contributed by atoms with van der Waals surface area (Å²) < 4.78 is 0. The third kappa shape index (κ3) is 2.73. The molecular formula is C15H21N3O. The van der Waals surface area contributed by atoms with Crippen molar-refractivity contribution in [3.63, 3.8) is 0 Å². The summed E-state index contributed by atoms with van der Waals surface area (Å²) in [5, 5.41) is 0. The lowest BCUT2D eigenvalue weighted by molar-refractivity contribution is 0.454. The lowest BCUT2D eigenvalue weighted by Crippen LogP contribution is -2.11. The number of aromatic amines is 2. The maximum absolute atomic E-state index is 11.2. The lowest BCUT2D eigenvalue weighted by atomic mass is 9.95. The molecule has 0 radical (unpaired) electrons. The molecule has 1 heterocycles. The average molecular weight is 259 g/mol. The highest BCUT2D eigenvalue weighted by Gasteiger charge is 2.16. The van der Waals surface area contributed by atoms with Gasteiger partial charge in [0, 0.05) is 6.04 Å². The van der Waals surface area contributed by atoms with Crippen molar-refractivity contribution in [2.45, 2.75) is 44.6 Å². The molecule has 4 heteroatoms. The minimum absolute atomic E-state index is 0.0726. The number of benzene rings is 1. The van der Waals surface area contributed by atoms with E-state index in [1.165, 1.54) is 32.1 Å². The van der Waals surface area contributed by atoms with E-state index in [-0.39, 0.29) is 11.7 Å². The molecule has 0 bridgehead atoms. The van der Waals surface area contributed by atoms with Gasteiger partial charge >= 0.3 is 5.69 Å². The molecule has 1 saturated carbocycles. The maximum Gasteiger partial charge on any atom is 0.323 e. The zero-order valence-corrected chi connectivity index (χ0v) is 11.1. The number of rotatable bonds is 4. The Labute approximate surface area is 112 Å². The fourth-order valence-corrected chi connectivity index (χ4v) is 3.16. The molecule has 2 aromatic rings. The van der Waals surface area contributed by atoms with Crippen LogP contribution in [-0.4, -0.2) is 9.97 Å². The Hall–Kier alpha value is -1.55. The first-order valence-electron chi connectivity index (χ1n) is 7.20. The van der Waals surface area contributed by atoms with Crippen molar-refractivity contribution in [3.8, 4) is 0 Å². The van der Waals surface area contributed by atoms with Crippen molar-refractivity contribution in [1.82, 2.24) is 9.97 Å². The van der Waals surface area contributed by atoms with Crippen LogP contribution in [0.15, 0.2) is 23.0 Å². The predicted octanol–water partition coefficient (Wildman–Crippen LogP) is 2.83. The SMILES string of the molecule is NC(CCC1CCCC1)c1ccc2[nH]c(=O)[nH]c2c1. The molecule has 4 N–H and O–H groups in total. The van der Waals surface area contributed by atoms with Crippen LogP contribution in [0.5, 0.6) is 0 Å². The van der Waals surface area contributed by atoms with Gasteiger partial charge in [0.15, 0.2) is 0 Å². The van der Waals surface area contributed by atoms with Gasteiger partial charge in [-0.2, -0.15) is 0 Å². The Bertz CT molecular complexity index is 607. The highest BCUT2D eigenvalue weighted by molar-refractivity contribution is 5.75. The third-order valence-corrected chi connectivity index (χ3v) is 4.33. The minimum Gasteiger partial charge on any atom is -0.324 e. The van der Waals surface area contributed by atoms with Crippen molar-refractivity contribution >= 4 is 11.0 Å². The summed E-state index contributed by atoms with van der Waals surface area (Å²) in [5.74, 6) is 0.877. The number of nitrogens with two attached hydrogens (primary N) is 1. The molecule has 0 amide bonds. The van der Waals surface area contributed by atoms with Crippen LogP contribution in [0, 0.1) is 5.92 Å². The second kappa shape index (κ2) is 5.21. The molecule has 0 spiro atoms. The van der Waals surface area contributed by atoms with Crippen molar-refractivity contribution in [3.05, 3.63) is 34.2 Å². The van der Waals surface area contributed by atoms with Crippen LogP contribution >= 0.6 is 0 Å². The molecule has 0 aliphatic heterocycles. The van der Waals surface area contributed by atoms with Crippen molar-refractivity contribution in [2.75, 3.05) is 0 Å². The smallest absolute Gasteiger partial charge is 0.323 e. The second-order valence-electron chi connectivity index (χ2n) is 5.72. The van der Waals surface area contributed by atoms with Crippen LogP contribution < -0.4 is 11.4 Å². The average Bonchev–Trinajstić information content (AvgIpc) is 3.02. The molecule has 1 atom stereocenters. The monoisotopic (exact) mass is 259 g/mol. The van der Waals surface area contributed by atoms with Gasteiger partial charge in [-0.15, -0.1) is 0 Å². The zero-order chi connectivity index (χ0) is 13.2. The van der Waals surface area contributed by atoms with Gasteiger partial charge in [-0.1, -0.05) is 31.7 Å². The van der Waals surface area contributed by atoms with Crippen LogP contribution in [0.1, 0.15) is 50.1 Å². The molecular weight excluding hydrogens is 238 g/mol. The first kappa shape index (κ1) is 12.5. The molecule has 1 aliphatic carbocycles. The summed E-state index contributed by atoms with van der Waals surface area (Å²) >= 11 is 0. The van der Waals surface area contributed by atoms with Crippen molar-refractivity contribution in [1.29, 1.82) is 0 Å². The van der Waals surface area contributed by atoms with Crippen LogP contribution in [-0.2, 0) is 0 Å². The number of H-pyrrole nitrogens is 2. The number of nitrogens with one attached hydrogen (secondary N) is 2. The fourth-order valence-electron chi connectivity index (χ4n) is 3.16. The topological polar surface area (TPSA) is 74.7 Å². The molecule has 102 valence electrons. The summed E-state index contributed by atoms with van der Waals surface area (Å²) in [6, 6.07) is 6.01. The molecule has 3 rings (SSSR count). The van der Waals surface area contributed by atoms with Gasteiger partial charge in [0.1, 0.15) is 0 Å². The van der Waals surface area contributed by atoms with E-state index in [1.54, 1.807) is 0 Å². The molecule has 1 aromatic carbocycles. The Kier molecular flexibility index (Phi) is 3.42. The van der Waals surface area contributed by atoms with Gasteiger partial charge in [-0.25, -0.2) is 4.79 Å². The summed E-state index contributed by atoms with van der Waals surface area (Å²) in [6.45, 7) is 0. The fraction of sp³-hybridized carbons (Fsp3) is 0.533. The second-order valence-corrected chi connectivity index (χ2v) is 5.72. The highest BCUT2D eigenvalue weighted by atomic mass is 16.1. The van der Waals surface area contributed by atoms with E-state index in [9.17, 15) is 4.79 Å². The maximum atomic E-state index is 11.2. The third-order valence-electron chi connectivity index (χ3n) is 4.33. The molecule has 1 aliphatic rings. The molecule has 19 heavy (non-hydrogen) atoms. The van der Waals surface area contributed by atoms with Crippen molar-refractivity contribution < 1.29 is 0 Å². The molecule has 1 aromatic heterocycles. The van der Waals surface area contributed by atoms with Gasteiger partial charge < -0.3 is 15.7 Å². The van der Waals surface area contributed by atoms with E-state index < -0.39 is 0 Å². The Morgan fingerprint density at radius 1 is 1.21 bits per heavy atom. The van der Waals surface area contributed by atoms with Crippen LogP contribution in [0.2, 0.25) is 0 Å². The van der Waals surface area contributed by atoms with Crippen molar-refractivity contribution in [2.24, 2.45) is 11.7 Å². The quantitative estimate of drug-likeness (QED) is 0.789. The van der Waals surface area contributed by atoms with Crippen LogP contribution in [0.25, 0.3) is 11.0 Å². The van der Waals surface area contributed by atoms with E-state index in [2.05, 4.69) is 9.97 Å². The Morgan fingerprint density at radius 2 is 1.95 bits per heavy atom. The zero-order valence-electron chi connectivity index (χ0n) is 11.1. The summed E-state index contributed by atoms with van der Waals surface area (Å²) in [7, 11) is 0. The first-order valence-corrected chi connectivity index (χ1v) is 7.20. The predicted molar refractivity (Wildman–Crippen MR) is 77.0 cm³/mol. The minimum atomic E-state index is -0.160. The lowest BCUT2D eigenvalue weighted by Gasteiger charge is -2.15. The van der Waals surface area contributed by atoms with E-state index >= 15 is 0 Å². The van der Waals surface area contributed by atoms with E-state index in [1.807, 2.05) is 18.2 Å². The number of aromatic nitrogens is 2. The largest absolute Gasteiger partial charge is 0.324 e. The number of hydrogen-bond acceptors (Lipinski definition) is 2. The Balaban J connectivity index is 1.69. The van der Waals surface area contributed by atoms with Gasteiger partial charge in [0.25, 0.3) is 0 Å². The number of imidazole rings is 1. The van der Waals surface area contributed by atoms with E-state index in [0.717, 1.165) is 28.9 Å². The number of fused-ring (bicyclic) bond motifs is 1. The molecule has 1 unspecified atom stereocenters. The van der Waals surface area contributed by atoms with Gasteiger partial charge in [-0.05, 0) is 36.5 Å². The van der Waals surface area contributed by atoms with E-state index in [0.29, 0.717) is 0 Å². The van der Waals surface area contributed by atoms with Crippen LogP contribution in [0.3, 0.4) is 0 Å². The standard InChI is InChI=1S/C15H21N3O/c16-12(7-5-10-3-1-2-4-10)11-6-8-13-14(9-11)18-15(19)17-13/h6,8-10,12H,1-5,7,16H2,(H2,17,18,19). The first-order chi connectivity index (χ1) is 9.22.